The van der Waals surface area contributed by atoms with Crippen LogP contribution in [0.2, 0.25) is 5.32 Å². The van der Waals surface area contributed by atoms with Gasteiger partial charge >= 0.3 is 158 Å². The van der Waals surface area contributed by atoms with Crippen molar-refractivity contribution in [2.24, 2.45) is 0 Å². The number of esters is 4. The predicted octanol–water partition coefficient (Wildman–Crippen LogP) is 0.212. The van der Waals surface area contributed by atoms with Gasteiger partial charge in [0.1, 0.15) is 0 Å². The summed E-state index contributed by atoms with van der Waals surface area (Å²) >= 11 is -0.117. The van der Waals surface area contributed by atoms with Gasteiger partial charge in [-0.3, -0.25) is 0 Å². The second-order valence-electron chi connectivity index (χ2n) is 5.52. The Balaban J connectivity index is 3.22. The fourth-order valence-electron chi connectivity index (χ4n) is 2.49. The van der Waals surface area contributed by atoms with Crippen molar-refractivity contribution in [3.05, 3.63) is 0 Å². The second kappa shape index (κ2) is 10.5. The minimum absolute atomic E-state index is 0.117. The molecule has 10 heteroatoms. The molecule has 5 atom stereocenters. The summed E-state index contributed by atoms with van der Waals surface area (Å²) in [5.74, 6) is -2.36. The molecule has 148 valence electrons. The number of carbonyl (C=O) groups excluding carboxylic acids is 4. The molecule has 1 fully saturated rings. The van der Waals surface area contributed by atoms with Crippen molar-refractivity contribution in [2.75, 3.05) is 6.61 Å². The van der Waals surface area contributed by atoms with E-state index >= 15 is 0 Å². The van der Waals surface area contributed by atoms with Gasteiger partial charge in [-0.05, 0) is 0 Å². The van der Waals surface area contributed by atoms with Crippen molar-refractivity contribution in [3.8, 4) is 0 Å². The average Bonchev–Trinajstić information content (AvgIpc) is 2.50. The molecule has 0 bridgehead atoms. The zero-order chi connectivity index (χ0) is 19.9. The molecule has 0 saturated carbocycles. The van der Waals surface area contributed by atoms with Crippen molar-refractivity contribution in [3.63, 3.8) is 0 Å². The Morgan fingerprint density at radius 1 is 0.808 bits per heavy atom. The van der Waals surface area contributed by atoms with Gasteiger partial charge in [0.05, 0.1) is 0 Å². The van der Waals surface area contributed by atoms with E-state index in [1.54, 1.807) is 0 Å². The van der Waals surface area contributed by atoms with E-state index < -0.39 is 53.3 Å². The monoisotopic (exact) mass is 440 g/mol. The molecule has 0 aromatic heterocycles. The molecule has 0 radical (unpaired) electrons. The van der Waals surface area contributed by atoms with E-state index in [1.165, 1.54) is 27.7 Å². The molecular formula is C16H24O9Se. The quantitative estimate of drug-likeness (QED) is 0.312. The molecule has 1 saturated heterocycles. The standard InChI is InChI=1S/C16H24O9Se/c1-6-26-16-15(24-11(5)20)14(23-10(4)19)13(22-9(3)18)12(25-16)7-21-8(2)17/h12-16H,6-7H2,1-5H3/t12-,13-,14+,15-,16-/m1/s1. The summed E-state index contributed by atoms with van der Waals surface area (Å²) in [5.41, 5.74) is 0. The molecule has 1 aliphatic rings. The zero-order valence-electron chi connectivity index (χ0n) is 15.4. The fourth-order valence-corrected chi connectivity index (χ4v) is 4.48. The molecule has 0 aliphatic carbocycles. The number of ether oxygens (including phenoxy) is 5. The van der Waals surface area contributed by atoms with Gasteiger partial charge in [-0.2, -0.15) is 0 Å². The molecular weight excluding hydrogens is 415 g/mol. The van der Waals surface area contributed by atoms with E-state index in [0.717, 1.165) is 5.32 Å². The summed E-state index contributed by atoms with van der Waals surface area (Å²) in [4.78, 5) is 45.8. The van der Waals surface area contributed by atoms with Crippen molar-refractivity contribution in [2.45, 2.75) is 69.4 Å². The summed E-state index contributed by atoms with van der Waals surface area (Å²) in [6, 6.07) is 0. The van der Waals surface area contributed by atoms with Crippen LogP contribution in [0.5, 0.6) is 0 Å². The predicted molar refractivity (Wildman–Crippen MR) is 88.2 cm³/mol. The van der Waals surface area contributed by atoms with E-state index in [1.807, 2.05) is 6.92 Å². The van der Waals surface area contributed by atoms with Gasteiger partial charge in [-0.1, -0.05) is 0 Å². The zero-order valence-corrected chi connectivity index (χ0v) is 17.1. The van der Waals surface area contributed by atoms with Crippen LogP contribution in [0.4, 0.5) is 0 Å². The third-order valence-corrected chi connectivity index (χ3v) is 5.46. The van der Waals surface area contributed by atoms with E-state index in [2.05, 4.69) is 0 Å². The van der Waals surface area contributed by atoms with Gasteiger partial charge in [-0.25, -0.2) is 0 Å². The summed E-state index contributed by atoms with van der Waals surface area (Å²) in [5, 5.41) is 0.217. The molecule has 0 aromatic rings. The van der Waals surface area contributed by atoms with Crippen LogP contribution in [0.3, 0.4) is 0 Å². The maximum absolute atomic E-state index is 11.6. The summed E-state index contributed by atoms with van der Waals surface area (Å²) in [6.45, 7) is 6.61. The van der Waals surface area contributed by atoms with Gasteiger partial charge in [-0.15, -0.1) is 0 Å². The minimum atomic E-state index is -1.08. The molecule has 0 N–H and O–H groups in total. The molecule has 0 aromatic carbocycles. The Bertz CT molecular complexity index is 536. The fraction of sp³-hybridized carbons (Fsp3) is 0.750. The van der Waals surface area contributed by atoms with Gasteiger partial charge < -0.3 is 0 Å². The molecule has 0 unspecified atom stereocenters. The number of hydrogen-bond donors (Lipinski definition) is 0. The third-order valence-electron chi connectivity index (χ3n) is 3.28. The molecule has 26 heavy (non-hydrogen) atoms. The molecule has 0 spiro atoms. The SMILES string of the molecule is CC[Se][C@H]1O[C@H](COC(C)=O)[C@@H](OC(C)=O)[C@H](OC(C)=O)[C@H]1OC(C)=O. The van der Waals surface area contributed by atoms with E-state index in [-0.39, 0.29) is 21.6 Å². The van der Waals surface area contributed by atoms with Crippen LogP contribution < -0.4 is 0 Å². The number of carbonyl (C=O) groups is 4. The van der Waals surface area contributed by atoms with Gasteiger partial charge in [0, 0.05) is 0 Å². The average molecular weight is 439 g/mol. The van der Waals surface area contributed by atoms with E-state index in [0.29, 0.717) is 0 Å². The van der Waals surface area contributed by atoms with Crippen molar-refractivity contribution in [1.82, 2.24) is 0 Å². The topological polar surface area (TPSA) is 114 Å². The summed E-state index contributed by atoms with van der Waals surface area (Å²) in [7, 11) is 0. The number of rotatable bonds is 7. The maximum atomic E-state index is 11.6. The first-order valence-electron chi connectivity index (χ1n) is 8.07. The molecule has 1 heterocycles. The van der Waals surface area contributed by atoms with E-state index in [9.17, 15) is 19.2 Å². The van der Waals surface area contributed by atoms with Crippen LogP contribution in [0.1, 0.15) is 34.6 Å². The van der Waals surface area contributed by atoms with Crippen LogP contribution in [-0.2, 0) is 42.9 Å². The second-order valence-corrected chi connectivity index (χ2v) is 8.41. The Kier molecular flexibility index (Phi) is 9.04. The third kappa shape index (κ3) is 6.93. The first-order chi connectivity index (χ1) is 12.1. The molecule has 1 rings (SSSR count). The van der Waals surface area contributed by atoms with Crippen LogP contribution in [0.25, 0.3) is 0 Å². The number of hydrogen-bond acceptors (Lipinski definition) is 9. The van der Waals surface area contributed by atoms with Gasteiger partial charge in [0.15, 0.2) is 0 Å². The summed E-state index contributed by atoms with van der Waals surface area (Å²) < 4.78 is 26.8. The van der Waals surface area contributed by atoms with Gasteiger partial charge in [0.25, 0.3) is 0 Å². The van der Waals surface area contributed by atoms with Crippen LogP contribution in [0.15, 0.2) is 0 Å². The normalized spacial score (nSPS) is 28.0. The first kappa shape index (κ1) is 22.4. The molecule has 9 nitrogen and oxygen atoms in total. The molecule has 0 amide bonds. The molecule has 1 aliphatic heterocycles. The van der Waals surface area contributed by atoms with Crippen molar-refractivity contribution in [1.29, 1.82) is 0 Å². The van der Waals surface area contributed by atoms with Crippen LogP contribution in [0, 0.1) is 0 Å². The Morgan fingerprint density at radius 2 is 1.31 bits per heavy atom. The Labute approximate surface area is 158 Å². The van der Waals surface area contributed by atoms with Crippen molar-refractivity contribution < 1.29 is 42.9 Å². The Hall–Kier alpha value is -1.64. The van der Waals surface area contributed by atoms with Crippen LogP contribution in [-0.4, -0.2) is 74.9 Å². The first-order valence-corrected chi connectivity index (χ1v) is 10.3. The Morgan fingerprint density at radius 3 is 1.77 bits per heavy atom. The van der Waals surface area contributed by atoms with Crippen LogP contribution >= 0.6 is 0 Å². The van der Waals surface area contributed by atoms with Gasteiger partial charge in [0.2, 0.25) is 0 Å². The van der Waals surface area contributed by atoms with E-state index in [4.69, 9.17) is 23.7 Å². The summed E-state index contributed by atoms with van der Waals surface area (Å²) in [6.07, 6.45) is -3.91. The van der Waals surface area contributed by atoms with Crippen molar-refractivity contribution >= 4 is 38.8 Å².